The van der Waals surface area contributed by atoms with Crippen LogP contribution < -0.4 is 5.32 Å². The Balaban J connectivity index is 3.70. The Kier molecular flexibility index (Phi) is 10.5. The number of nitrogens with zero attached hydrogens (tertiary/aromatic N) is 1. The maximum Gasteiger partial charge on any atom is 0.0589 e. The summed E-state index contributed by atoms with van der Waals surface area (Å²) in [5, 5.41) is 3.30. The van der Waals surface area contributed by atoms with Crippen LogP contribution in [0.4, 0.5) is 0 Å². The molecule has 0 aliphatic rings. The number of hydrogen-bond acceptors (Lipinski definition) is 4. The third kappa shape index (κ3) is 10.3. The Hall–Kier alpha value is -0.160. The van der Waals surface area contributed by atoms with Crippen LogP contribution in [-0.2, 0) is 9.47 Å². The van der Waals surface area contributed by atoms with E-state index in [1.807, 2.05) is 7.05 Å². The van der Waals surface area contributed by atoms with Gasteiger partial charge in [0, 0.05) is 32.3 Å². The molecule has 0 radical (unpaired) electrons. The maximum atomic E-state index is 5.88. The molecule has 0 bridgehead atoms. The minimum absolute atomic E-state index is 0.160. The van der Waals surface area contributed by atoms with E-state index >= 15 is 0 Å². The first-order chi connectivity index (χ1) is 8.95. The minimum Gasteiger partial charge on any atom is -0.383 e. The Morgan fingerprint density at radius 3 is 2.42 bits per heavy atom. The van der Waals surface area contributed by atoms with Crippen LogP contribution in [0.5, 0.6) is 0 Å². The van der Waals surface area contributed by atoms with E-state index in [4.69, 9.17) is 9.47 Å². The summed E-state index contributed by atoms with van der Waals surface area (Å²) in [6, 6.07) is 0. The van der Waals surface area contributed by atoms with Gasteiger partial charge in [0.25, 0.3) is 0 Å². The van der Waals surface area contributed by atoms with Crippen LogP contribution >= 0.6 is 0 Å². The van der Waals surface area contributed by atoms with E-state index in [9.17, 15) is 0 Å². The van der Waals surface area contributed by atoms with Gasteiger partial charge in [-0.15, -0.1) is 0 Å². The average molecular weight is 274 g/mol. The zero-order valence-corrected chi connectivity index (χ0v) is 13.8. The molecule has 0 aliphatic carbocycles. The topological polar surface area (TPSA) is 33.7 Å². The molecule has 0 amide bonds. The molecule has 0 heterocycles. The summed E-state index contributed by atoms with van der Waals surface area (Å²) in [6.07, 6.45) is 2.44. The first-order valence-electron chi connectivity index (χ1n) is 7.47. The van der Waals surface area contributed by atoms with Gasteiger partial charge >= 0.3 is 0 Å². The fraction of sp³-hybridized carbons (Fsp3) is 1.00. The lowest BCUT2D eigenvalue weighted by Crippen LogP contribution is -2.37. The zero-order chi connectivity index (χ0) is 14.7. The molecule has 4 heteroatoms. The quantitative estimate of drug-likeness (QED) is 0.591. The third-order valence-corrected chi connectivity index (χ3v) is 3.72. The number of ether oxygens (including phenoxy) is 2. The van der Waals surface area contributed by atoms with Crippen molar-refractivity contribution in [1.29, 1.82) is 0 Å². The normalized spacial score (nSPS) is 14.1. The minimum atomic E-state index is 0.160. The Morgan fingerprint density at radius 2 is 1.89 bits per heavy atom. The summed E-state index contributed by atoms with van der Waals surface area (Å²) in [4.78, 5) is 2.40. The van der Waals surface area contributed by atoms with Gasteiger partial charge in [0.05, 0.1) is 12.7 Å². The smallest absolute Gasteiger partial charge is 0.0589 e. The van der Waals surface area contributed by atoms with Crippen LogP contribution in [0.2, 0.25) is 0 Å². The molecule has 0 spiro atoms. The van der Waals surface area contributed by atoms with Gasteiger partial charge in [0.1, 0.15) is 0 Å². The molecule has 0 rings (SSSR count). The van der Waals surface area contributed by atoms with Crippen molar-refractivity contribution in [3.63, 3.8) is 0 Å². The number of hydrogen-bond donors (Lipinski definition) is 1. The van der Waals surface area contributed by atoms with Gasteiger partial charge < -0.3 is 19.7 Å². The molecular weight excluding hydrogens is 240 g/mol. The van der Waals surface area contributed by atoms with Crippen molar-refractivity contribution in [3.05, 3.63) is 0 Å². The van der Waals surface area contributed by atoms with Gasteiger partial charge in [-0.3, -0.25) is 0 Å². The van der Waals surface area contributed by atoms with E-state index in [-0.39, 0.29) is 5.54 Å². The summed E-state index contributed by atoms with van der Waals surface area (Å²) < 4.78 is 11.0. The van der Waals surface area contributed by atoms with Crippen LogP contribution in [0.25, 0.3) is 0 Å². The molecule has 1 N–H and O–H groups in total. The molecule has 1 atom stereocenters. The second kappa shape index (κ2) is 10.6. The highest BCUT2D eigenvalue weighted by molar-refractivity contribution is 4.74. The summed E-state index contributed by atoms with van der Waals surface area (Å²) in [5.41, 5.74) is 0.160. The molecule has 0 saturated carbocycles. The first-order valence-corrected chi connectivity index (χ1v) is 7.47. The SMILES string of the molecule is CCN(CCOC)CCC(C)OCCC(C)(C)NC. The monoisotopic (exact) mass is 274 g/mol. The van der Waals surface area contributed by atoms with Crippen LogP contribution in [0.3, 0.4) is 0 Å². The second-order valence-corrected chi connectivity index (χ2v) is 5.78. The van der Waals surface area contributed by atoms with Crippen molar-refractivity contribution in [1.82, 2.24) is 10.2 Å². The number of methoxy groups -OCH3 is 1. The standard InChI is InChI=1S/C15H34N2O2/c1-7-17(11-13-18-6)10-8-14(2)19-12-9-15(3,4)16-5/h14,16H,7-13H2,1-6H3. The molecule has 0 saturated heterocycles. The van der Waals surface area contributed by atoms with Gasteiger partial charge in [0.2, 0.25) is 0 Å². The Morgan fingerprint density at radius 1 is 1.21 bits per heavy atom. The summed E-state index contributed by atoms with van der Waals surface area (Å²) in [7, 11) is 3.75. The maximum absolute atomic E-state index is 5.88. The lowest BCUT2D eigenvalue weighted by Gasteiger charge is -2.26. The van der Waals surface area contributed by atoms with Crippen LogP contribution in [-0.4, -0.2) is 63.5 Å². The van der Waals surface area contributed by atoms with Crippen LogP contribution in [0.15, 0.2) is 0 Å². The van der Waals surface area contributed by atoms with Gasteiger partial charge in [-0.25, -0.2) is 0 Å². The largest absolute Gasteiger partial charge is 0.383 e. The predicted molar refractivity (Wildman–Crippen MR) is 81.8 cm³/mol. The summed E-state index contributed by atoms with van der Waals surface area (Å²) in [5.74, 6) is 0. The highest BCUT2D eigenvalue weighted by Crippen LogP contribution is 2.09. The van der Waals surface area contributed by atoms with Crippen molar-refractivity contribution in [2.45, 2.75) is 52.2 Å². The number of rotatable bonds is 12. The van der Waals surface area contributed by atoms with Crippen molar-refractivity contribution in [3.8, 4) is 0 Å². The van der Waals surface area contributed by atoms with E-state index in [1.54, 1.807) is 7.11 Å². The van der Waals surface area contributed by atoms with Crippen molar-refractivity contribution >= 4 is 0 Å². The molecule has 0 aromatic rings. The molecule has 0 aliphatic heterocycles. The number of nitrogens with one attached hydrogen (secondary N) is 1. The van der Waals surface area contributed by atoms with E-state index in [0.29, 0.717) is 6.10 Å². The van der Waals surface area contributed by atoms with Crippen molar-refractivity contribution in [2.24, 2.45) is 0 Å². The lowest BCUT2D eigenvalue weighted by atomic mass is 10.0. The van der Waals surface area contributed by atoms with Crippen molar-refractivity contribution < 1.29 is 9.47 Å². The van der Waals surface area contributed by atoms with Gasteiger partial charge in [-0.2, -0.15) is 0 Å². The lowest BCUT2D eigenvalue weighted by molar-refractivity contribution is 0.0395. The van der Waals surface area contributed by atoms with Crippen molar-refractivity contribution in [2.75, 3.05) is 47.0 Å². The van der Waals surface area contributed by atoms with Gasteiger partial charge in [0.15, 0.2) is 0 Å². The van der Waals surface area contributed by atoms with Crippen LogP contribution in [0.1, 0.15) is 40.5 Å². The van der Waals surface area contributed by atoms with Gasteiger partial charge in [-0.05, 0) is 47.2 Å². The molecule has 0 fully saturated rings. The molecule has 0 aromatic carbocycles. The van der Waals surface area contributed by atoms with Crippen LogP contribution in [0, 0.1) is 0 Å². The highest BCUT2D eigenvalue weighted by Gasteiger charge is 2.15. The number of likely N-dealkylation sites (N-methyl/N-ethyl adjacent to an activating group) is 1. The van der Waals surface area contributed by atoms with E-state index < -0.39 is 0 Å². The van der Waals surface area contributed by atoms with E-state index in [2.05, 4.69) is 37.9 Å². The first kappa shape index (κ1) is 18.8. The molecule has 19 heavy (non-hydrogen) atoms. The molecule has 0 aromatic heterocycles. The fourth-order valence-electron chi connectivity index (χ4n) is 1.74. The molecular formula is C15H34N2O2. The van der Waals surface area contributed by atoms with Gasteiger partial charge in [-0.1, -0.05) is 6.92 Å². The fourth-order valence-corrected chi connectivity index (χ4v) is 1.74. The molecule has 116 valence electrons. The average Bonchev–Trinajstić information content (AvgIpc) is 2.39. The summed E-state index contributed by atoms with van der Waals surface area (Å²) in [6.45, 7) is 13.5. The Labute approximate surface area is 119 Å². The molecule has 1 unspecified atom stereocenters. The van der Waals surface area contributed by atoms with E-state index in [1.165, 1.54) is 0 Å². The predicted octanol–water partition coefficient (Wildman–Crippen LogP) is 2.14. The second-order valence-electron chi connectivity index (χ2n) is 5.78. The summed E-state index contributed by atoms with van der Waals surface area (Å²) >= 11 is 0. The molecule has 4 nitrogen and oxygen atoms in total. The zero-order valence-electron chi connectivity index (χ0n) is 13.8. The Bertz CT molecular complexity index is 210. The highest BCUT2D eigenvalue weighted by atomic mass is 16.5. The third-order valence-electron chi connectivity index (χ3n) is 3.72. The van der Waals surface area contributed by atoms with E-state index in [0.717, 1.165) is 45.7 Å².